The van der Waals surface area contributed by atoms with Gasteiger partial charge in [-0.25, -0.2) is 0 Å². The van der Waals surface area contributed by atoms with Crippen molar-refractivity contribution in [3.8, 4) is 5.75 Å². The second-order valence-electron chi connectivity index (χ2n) is 7.69. The van der Waals surface area contributed by atoms with E-state index in [2.05, 4.69) is 41.6 Å². The van der Waals surface area contributed by atoms with Gasteiger partial charge in [0.2, 0.25) is 0 Å². The molecule has 166 valence electrons. The van der Waals surface area contributed by atoms with Crippen molar-refractivity contribution in [1.29, 1.82) is 0 Å². The Balaban J connectivity index is 0.00000420. The van der Waals surface area contributed by atoms with Crippen molar-refractivity contribution < 1.29 is 14.2 Å². The quantitative estimate of drug-likeness (QED) is 0.201. The Bertz CT molecular complexity index is 561. The normalized spacial score (nSPS) is 15.1. The van der Waals surface area contributed by atoms with Crippen molar-refractivity contribution in [1.82, 2.24) is 10.6 Å². The van der Waals surface area contributed by atoms with Gasteiger partial charge in [0.15, 0.2) is 5.96 Å². The van der Waals surface area contributed by atoms with Crippen LogP contribution in [0.5, 0.6) is 5.75 Å². The predicted molar refractivity (Wildman–Crippen MR) is 129 cm³/mol. The highest BCUT2D eigenvalue weighted by Crippen LogP contribution is 2.15. The largest absolute Gasteiger partial charge is 0.493 e. The van der Waals surface area contributed by atoms with Crippen LogP contribution in [0.4, 0.5) is 0 Å². The zero-order valence-electron chi connectivity index (χ0n) is 18.1. The molecular weight excluding hydrogens is 481 g/mol. The predicted octanol–water partition coefficient (Wildman–Crippen LogP) is 3.84. The second-order valence-corrected chi connectivity index (χ2v) is 7.69. The minimum absolute atomic E-state index is 0. The molecule has 1 aliphatic heterocycles. The van der Waals surface area contributed by atoms with Crippen molar-refractivity contribution in [3.05, 3.63) is 29.8 Å². The molecule has 1 aliphatic rings. The van der Waals surface area contributed by atoms with E-state index in [0.717, 1.165) is 77.1 Å². The Hall–Kier alpha value is -1.06. The molecule has 7 heteroatoms. The highest BCUT2D eigenvalue weighted by molar-refractivity contribution is 14.0. The first kappa shape index (κ1) is 26.0. The first-order valence-corrected chi connectivity index (χ1v) is 10.5. The summed E-state index contributed by atoms with van der Waals surface area (Å²) in [4.78, 5) is 4.28. The number of nitrogens with zero attached hydrogens (tertiary/aromatic N) is 1. The molecule has 0 unspecified atom stereocenters. The highest BCUT2D eigenvalue weighted by atomic mass is 127. The average Bonchev–Trinajstić information content (AvgIpc) is 2.72. The van der Waals surface area contributed by atoms with E-state index >= 15 is 0 Å². The van der Waals surface area contributed by atoms with Crippen LogP contribution in [0.3, 0.4) is 0 Å². The van der Waals surface area contributed by atoms with Crippen LogP contribution in [0.1, 0.15) is 38.7 Å². The van der Waals surface area contributed by atoms with E-state index < -0.39 is 0 Å². The van der Waals surface area contributed by atoms with Gasteiger partial charge in [0.1, 0.15) is 5.75 Å². The Morgan fingerprint density at radius 1 is 1.17 bits per heavy atom. The number of halogens is 1. The maximum Gasteiger partial charge on any atom is 0.191 e. The summed E-state index contributed by atoms with van der Waals surface area (Å²) in [6.07, 6.45) is 3.21. The molecule has 2 rings (SSSR count). The smallest absolute Gasteiger partial charge is 0.191 e. The van der Waals surface area contributed by atoms with E-state index in [0.29, 0.717) is 11.8 Å². The molecule has 29 heavy (non-hydrogen) atoms. The summed E-state index contributed by atoms with van der Waals surface area (Å²) >= 11 is 0. The van der Waals surface area contributed by atoms with E-state index in [1.165, 1.54) is 5.56 Å². The van der Waals surface area contributed by atoms with Gasteiger partial charge >= 0.3 is 0 Å². The fraction of sp³-hybridized carbons (Fsp3) is 0.682. The van der Waals surface area contributed by atoms with Gasteiger partial charge in [0.25, 0.3) is 0 Å². The van der Waals surface area contributed by atoms with Gasteiger partial charge in [-0.05, 0) is 48.8 Å². The molecule has 0 bridgehead atoms. The molecule has 1 aromatic carbocycles. The fourth-order valence-corrected chi connectivity index (χ4v) is 2.92. The summed E-state index contributed by atoms with van der Waals surface area (Å²) in [6, 6.07) is 8.21. The first-order valence-electron chi connectivity index (χ1n) is 10.5. The van der Waals surface area contributed by atoms with Gasteiger partial charge in [-0.15, -0.1) is 24.0 Å². The van der Waals surface area contributed by atoms with Gasteiger partial charge < -0.3 is 24.8 Å². The molecule has 0 radical (unpaired) electrons. The summed E-state index contributed by atoms with van der Waals surface area (Å²) in [5.41, 5.74) is 1.19. The maximum atomic E-state index is 5.80. The van der Waals surface area contributed by atoms with Gasteiger partial charge in [0, 0.05) is 46.6 Å². The van der Waals surface area contributed by atoms with Gasteiger partial charge in [0.05, 0.1) is 6.61 Å². The Morgan fingerprint density at radius 2 is 1.90 bits per heavy atom. The molecule has 1 fully saturated rings. The number of nitrogens with one attached hydrogen (secondary N) is 2. The van der Waals surface area contributed by atoms with Crippen molar-refractivity contribution >= 4 is 29.9 Å². The van der Waals surface area contributed by atoms with Crippen LogP contribution >= 0.6 is 24.0 Å². The third-order valence-electron chi connectivity index (χ3n) is 4.64. The SMILES string of the molecule is CN=C(NCCCOCC1CCOCC1)NCc1ccc(OCC(C)C)cc1.I. The molecule has 6 nitrogen and oxygen atoms in total. The fourth-order valence-electron chi connectivity index (χ4n) is 2.92. The average molecular weight is 519 g/mol. The van der Waals surface area contributed by atoms with Crippen molar-refractivity contribution in [2.45, 2.75) is 39.7 Å². The molecule has 1 aromatic rings. The summed E-state index contributed by atoms with van der Waals surface area (Å²) < 4.78 is 16.9. The third kappa shape index (κ3) is 11.6. The van der Waals surface area contributed by atoms with Crippen LogP contribution in [0, 0.1) is 11.8 Å². The molecule has 0 atom stereocenters. The summed E-state index contributed by atoms with van der Waals surface area (Å²) in [5, 5.41) is 6.68. The van der Waals surface area contributed by atoms with Gasteiger partial charge in [-0.1, -0.05) is 26.0 Å². The first-order chi connectivity index (χ1) is 13.7. The van der Waals surface area contributed by atoms with Crippen LogP contribution in [0.2, 0.25) is 0 Å². The lowest BCUT2D eigenvalue weighted by atomic mass is 10.0. The van der Waals surface area contributed by atoms with E-state index in [-0.39, 0.29) is 24.0 Å². The molecule has 1 heterocycles. The molecule has 0 amide bonds. The monoisotopic (exact) mass is 519 g/mol. The van der Waals surface area contributed by atoms with Gasteiger partial charge in [-0.3, -0.25) is 4.99 Å². The molecular formula is C22H38IN3O3. The van der Waals surface area contributed by atoms with Crippen LogP contribution < -0.4 is 15.4 Å². The Labute approximate surface area is 193 Å². The lowest BCUT2D eigenvalue weighted by molar-refractivity contribution is 0.0203. The van der Waals surface area contributed by atoms with Crippen molar-refractivity contribution in [3.63, 3.8) is 0 Å². The number of ether oxygens (including phenoxy) is 3. The summed E-state index contributed by atoms with van der Waals surface area (Å²) in [5.74, 6) is 2.92. The Morgan fingerprint density at radius 3 is 2.55 bits per heavy atom. The number of hydrogen-bond donors (Lipinski definition) is 2. The van der Waals surface area contributed by atoms with E-state index in [1.807, 2.05) is 12.1 Å². The number of benzene rings is 1. The molecule has 0 saturated carbocycles. The minimum Gasteiger partial charge on any atom is -0.493 e. The zero-order valence-corrected chi connectivity index (χ0v) is 20.4. The number of guanidine groups is 1. The highest BCUT2D eigenvalue weighted by Gasteiger charge is 2.13. The van der Waals surface area contributed by atoms with E-state index in [4.69, 9.17) is 14.2 Å². The van der Waals surface area contributed by atoms with Gasteiger partial charge in [-0.2, -0.15) is 0 Å². The number of hydrogen-bond acceptors (Lipinski definition) is 4. The van der Waals surface area contributed by atoms with Crippen molar-refractivity contribution in [2.24, 2.45) is 16.8 Å². The zero-order chi connectivity index (χ0) is 20.0. The molecule has 0 aliphatic carbocycles. The van der Waals surface area contributed by atoms with E-state index in [1.54, 1.807) is 7.05 Å². The van der Waals surface area contributed by atoms with Crippen LogP contribution in [-0.4, -0.2) is 52.6 Å². The van der Waals surface area contributed by atoms with Crippen LogP contribution in [0.25, 0.3) is 0 Å². The van der Waals surface area contributed by atoms with Crippen LogP contribution in [-0.2, 0) is 16.0 Å². The van der Waals surface area contributed by atoms with Crippen LogP contribution in [0.15, 0.2) is 29.3 Å². The van der Waals surface area contributed by atoms with Crippen molar-refractivity contribution in [2.75, 3.05) is 46.6 Å². The maximum absolute atomic E-state index is 5.80. The molecule has 1 saturated heterocycles. The second kappa shape index (κ2) is 15.7. The molecule has 0 spiro atoms. The lowest BCUT2D eigenvalue weighted by Gasteiger charge is -2.21. The molecule has 2 N–H and O–H groups in total. The standard InChI is InChI=1S/C22H37N3O3.HI/c1-18(2)16-28-21-7-5-19(6-8-21)15-25-22(23-3)24-11-4-12-27-17-20-9-13-26-14-10-20;/h5-8,18,20H,4,9-17H2,1-3H3,(H2,23,24,25);1H. The molecule has 0 aromatic heterocycles. The Kier molecular flexibility index (Phi) is 14.1. The topological polar surface area (TPSA) is 64.1 Å². The summed E-state index contributed by atoms with van der Waals surface area (Å²) in [6.45, 7) is 10.0. The number of aliphatic imine (C=N–C) groups is 1. The number of rotatable bonds is 11. The third-order valence-corrected chi connectivity index (χ3v) is 4.64. The minimum atomic E-state index is 0. The van der Waals surface area contributed by atoms with E-state index in [9.17, 15) is 0 Å². The summed E-state index contributed by atoms with van der Waals surface area (Å²) in [7, 11) is 1.79. The lowest BCUT2D eigenvalue weighted by Crippen LogP contribution is -2.37.